The molecule has 0 aliphatic heterocycles. The quantitative estimate of drug-likeness (QED) is 0.124. The van der Waals surface area contributed by atoms with Crippen LogP contribution >= 0.6 is 0 Å². The maximum atomic E-state index is 14.0. The molecule has 0 aromatic rings. The van der Waals surface area contributed by atoms with Gasteiger partial charge in [0.2, 0.25) is 12.3 Å². The fourth-order valence-electron chi connectivity index (χ4n) is 3.81. The molecule has 0 saturated heterocycles. The van der Waals surface area contributed by atoms with Gasteiger partial charge in [-0.1, -0.05) is 77.0 Å². The van der Waals surface area contributed by atoms with Gasteiger partial charge in [0.25, 0.3) is 11.8 Å². The minimum absolute atomic E-state index is 0.206. The molecular formula is C26H46F2N2O6. The van der Waals surface area contributed by atoms with Crippen LogP contribution in [-0.4, -0.2) is 59.4 Å². The molecule has 0 radical (unpaired) electrons. The summed E-state index contributed by atoms with van der Waals surface area (Å²) in [5, 5.41) is 21.8. The van der Waals surface area contributed by atoms with E-state index in [2.05, 4.69) is 10.6 Å². The highest BCUT2D eigenvalue weighted by atomic mass is 19.2. The Bertz CT molecular complexity index is 569. The summed E-state index contributed by atoms with van der Waals surface area (Å²) in [7, 11) is 0. The number of carbonyl (C=O) groups is 4. The largest absolute Gasteiger partial charge is 0.481 e. The van der Waals surface area contributed by atoms with E-state index in [-0.39, 0.29) is 25.9 Å². The molecule has 0 spiro atoms. The number of nitrogens with one attached hydrogen (secondary N) is 2. The molecule has 10 heteroatoms. The topological polar surface area (TPSA) is 133 Å². The number of unbranched alkanes of at least 4 members (excludes halogenated alkanes) is 14. The summed E-state index contributed by atoms with van der Waals surface area (Å²) in [5.41, 5.74) is 0. The minimum Gasteiger partial charge on any atom is -0.481 e. The third-order valence-corrected chi connectivity index (χ3v) is 5.99. The maximum Gasteiger partial charge on any atom is 0.303 e. The van der Waals surface area contributed by atoms with E-state index in [1.807, 2.05) is 0 Å². The Balaban J connectivity index is 3.64. The van der Waals surface area contributed by atoms with Crippen molar-refractivity contribution in [2.75, 3.05) is 13.1 Å². The molecule has 0 aliphatic rings. The highest BCUT2D eigenvalue weighted by molar-refractivity contribution is 5.90. The Hall–Kier alpha value is -2.26. The average molecular weight is 521 g/mol. The second-order valence-electron chi connectivity index (χ2n) is 9.33. The van der Waals surface area contributed by atoms with E-state index in [1.165, 1.54) is 0 Å². The van der Waals surface area contributed by atoms with Gasteiger partial charge in [-0.15, -0.1) is 0 Å². The van der Waals surface area contributed by atoms with Crippen LogP contribution in [0.2, 0.25) is 0 Å². The maximum absolute atomic E-state index is 14.0. The van der Waals surface area contributed by atoms with Crippen molar-refractivity contribution in [3.05, 3.63) is 0 Å². The van der Waals surface area contributed by atoms with Crippen LogP contribution in [0.3, 0.4) is 0 Å². The fourth-order valence-corrected chi connectivity index (χ4v) is 3.81. The fraction of sp³-hybridized carbons (Fsp3) is 0.846. The van der Waals surface area contributed by atoms with Gasteiger partial charge in [-0.3, -0.25) is 19.2 Å². The Morgan fingerprint density at radius 1 is 0.472 bits per heavy atom. The van der Waals surface area contributed by atoms with Crippen LogP contribution in [0.4, 0.5) is 8.78 Å². The van der Waals surface area contributed by atoms with E-state index in [4.69, 9.17) is 10.2 Å². The number of carbonyl (C=O) groups excluding carboxylic acids is 2. The highest BCUT2D eigenvalue weighted by Gasteiger charge is 2.33. The number of rotatable bonds is 25. The zero-order chi connectivity index (χ0) is 27.0. The predicted molar refractivity (Wildman–Crippen MR) is 134 cm³/mol. The summed E-state index contributed by atoms with van der Waals surface area (Å²) < 4.78 is 28.0. The number of amides is 2. The van der Waals surface area contributed by atoms with Crippen LogP contribution in [0.25, 0.3) is 0 Å². The molecule has 2 atom stereocenters. The molecule has 0 bridgehead atoms. The average Bonchev–Trinajstić information content (AvgIpc) is 2.84. The van der Waals surface area contributed by atoms with E-state index in [0.717, 1.165) is 77.0 Å². The molecule has 0 heterocycles. The molecule has 210 valence electrons. The molecule has 36 heavy (non-hydrogen) atoms. The molecule has 0 aromatic heterocycles. The second kappa shape index (κ2) is 23.2. The van der Waals surface area contributed by atoms with Crippen LogP contribution in [0.5, 0.6) is 0 Å². The van der Waals surface area contributed by atoms with Crippen molar-refractivity contribution in [3.8, 4) is 0 Å². The van der Waals surface area contributed by atoms with E-state index >= 15 is 0 Å². The van der Waals surface area contributed by atoms with Gasteiger partial charge in [-0.25, -0.2) is 8.78 Å². The number of carboxylic acids is 2. The SMILES string of the molecule is O=C(O)CCCCCCCCCCNC(=O)[C@@H](F)[C@H](F)C(=O)NCCCCCCCCCCC(=O)O. The van der Waals surface area contributed by atoms with Gasteiger partial charge in [-0.2, -0.15) is 0 Å². The second-order valence-corrected chi connectivity index (χ2v) is 9.33. The van der Waals surface area contributed by atoms with Gasteiger partial charge < -0.3 is 20.8 Å². The standard InChI is InChI=1S/C26H46F2N2O6/c27-23(25(35)29-19-15-11-7-3-1-5-9-13-17-21(31)32)24(28)26(36)30-20-16-12-8-4-2-6-10-14-18-22(33)34/h23-24H,1-20H2,(H,29,35)(H,30,36)(H,31,32)(H,33,34)/t23-,24-/m0/s1. The Labute approximate surface area is 214 Å². The van der Waals surface area contributed by atoms with Crippen molar-refractivity contribution < 1.29 is 38.2 Å². The van der Waals surface area contributed by atoms with Gasteiger partial charge in [0.1, 0.15) is 0 Å². The number of carboxylic acid groups (broad SMARTS) is 2. The molecule has 0 unspecified atom stereocenters. The third kappa shape index (κ3) is 21.1. The lowest BCUT2D eigenvalue weighted by atomic mass is 10.1. The van der Waals surface area contributed by atoms with E-state index < -0.39 is 36.1 Å². The van der Waals surface area contributed by atoms with Crippen LogP contribution in [-0.2, 0) is 19.2 Å². The molecule has 2 amide bonds. The van der Waals surface area contributed by atoms with E-state index in [1.54, 1.807) is 0 Å². The Kier molecular flexibility index (Phi) is 21.7. The smallest absolute Gasteiger partial charge is 0.303 e. The summed E-state index contributed by atoms with van der Waals surface area (Å²) in [6.07, 6.45) is 9.46. The normalized spacial score (nSPS) is 12.6. The van der Waals surface area contributed by atoms with Gasteiger partial charge in [0, 0.05) is 25.9 Å². The molecule has 0 saturated carbocycles. The van der Waals surface area contributed by atoms with Gasteiger partial charge in [0.05, 0.1) is 0 Å². The molecular weight excluding hydrogens is 474 g/mol. The highest BCUT2D eigenvalue weighted by Crippen LogP contribution is 2.11. The van der Waals surface area contributed by atoms with Crippen LogP contribution < -0.4 is 10.6 Å². The first-order chi connectivity index (χ1) is 17.3. The molecule has 0 aromatic carbocycles. The van der Waals surface area contributed by atoms with Gasteiger partial charge >= 0.3 is 11.9 Å². The van der Waals surface area contributed by atoms with Crippen LogP contribution in [0.1, 0.15) is 116 Å². The summed E-state index contributed by atoms with van der Waals surface area (Å²) in [6.45, 7) is 0.456. The van der Waals surface area contributed by atoms with Gasteiger partial charge in [-0.05, 0) is 25.7 Å². The minimum atomic E-state index is -2.53. The van der Waals surface area contributed by atoms with Crippen molar-refractivity contribution in [2.24, 2.45) is 0 Å². The number of hydrogen-bond donors (Lipinski definition) is 4. The van der Waals surface area contributed by atoms with E-state index in [9.17, 15) is 28.0 Å². The molecule has 0 aliphatic carbocycles. The van der Waals surface area contributed by atoms with Crippen LogP contribution in [0.15, 0.2) is 0 Å². The first-order valence-electron chi connectivity index (χ1n) is 13.5. The number of hydrogen-bond acceptors (Lipinski definition) is 4. The molecule has 0 rings (SSSR count). The monoisotopic (exact) mass is 520 g/mol. The zero-order valence-corrected chi connectivity index (χ0v) is 21.6. The molecule has 0 fully saturated rings. The lowest BCUT2D eigenvalue weighted by Gasteiger charge is -2.14. The summed E-state index contributed by atoms with van der Waals surface area (Å²) in [6, 6.07) is 0. The Morgan fingerprint density at radius 2 is 0.722 bits per heavy atom. The summed E-state index contributed by atoms with van der Waals surface area (Å²) in [4.78, 5) is 44.4. The number of halogens is 2. The number of alkyl halides is 2. The molecule has 8 nitrogen and oxygen atoms in total. The Morgan fingerprint density at radius 3 is 1.00 bits per heavy atom. The lowest BCUT2D eigenvalue weighted by Crippen LogP contribution is -2.45. The summed E-state index contributed by atoms with van der Waals surface area (Å²) >= 11 is 0. The van der Waals surface area contributed by atoms with Crippen LogP contribution in [0, 0.1) is 0 Å². The van der Waals surface area contributed by atoms with Crippen molar-refractivity contribution in [2.45, 2.75) is 128 Å². The van der Waals surface area contributed by atoms with E-state index in [0.29, 0.717) is 25.7 Å². The predicted octanol–water partition coefficient (Wildman–Crippen LogP) is 5.09. The first-order valence-corrected chi connectivity index (χ1v) is 13.5. The molecule has 4 N–H and O–H groups in total. The zero-order valence-electron chi connectivity index (χ0n) is 21.6. The van der Waals surface area contributed by atoms with Crippen molar-refractivity contribution in [3.63, 3.8) is 0 Å². The first kappa shape index (κ1) is 33.7. The summed E-state index contributed by atoms with van der Waals surface area (Å²) in [5.74, 6) is -3.76. The van der Waals surface area contributed by atoms with Crippen molar-refractivity contribution >= 4 is 23.8 Å². The lowest BCUT2D eigenvalue weighted by molar-refractivity contribution is -0.138. The van der Waals surface area contributed by atoms with Gasteiger partial charge in [0.15, 0.2) is 0 Å². The third-order valence-electron chi connectivity index (χ3n) is 5.99. The van der Waals surface area contributed by atoms with Crippen molar-refractivity contribution in [1.82, 2.24) is 10.6 Å². The van der Waals surface area contributed by atoms with Crippen molar-refractivity contribution in [1.29, 1.82) is 0 Å². The number of aliphatic carboxylic acids is 2.